The third-order valence-electron chi connectivity index (χ3n) is 4.61. The van der Waals surface area contributed by atoms with Crippen LogP contribution in [-0.2, 0) is 19.5 Å². The summed E-state index contributed by atoms with van der Waals surface area (Å²) in [5.41, 5.74) is 3.75. The molecule has 7 heteroatoms. The SMILES string of the molecule is CCCCCN(Cc1ccc(Cl)cc1)C(=O)c1n[nH]c2c1CNCC2.Cl. The fourth-order valence-corrected chi connectivity index (χ4v) is 3.29. The summed E-state index contributed by atoms with van der Waals surface area (Å²) in [6, 6.07) is 7.69. The number of aromatic nitrogens is 2. The van der Waals surface area contributed by atoms with Crippen LogP contribution in [0.5, 0.6) is 0 Å². The van der Waals surface area contributed by atoms with E-state index in [1.165, 1.54) is 0 Å². The number of amides is 1. The van der Waals surface area contributed by atoms with E-state index in [2.05, 4.69) is 22.4 Å². The van der Waals surface area contributed by atoms with Gasteiger partial charge >= 0.3 is 0 Å². The Labute approximate surface area is 165 Å². The number of carbonyl (C=O) groups is 1. The number of aromatic amines is 1. The van der Waals surface area contributed by atoms with Gasteiger partial charge < -0.3 is 10.2 Å². The highest BCUT2D eigenvalue weighted by atomic mass is 35.5. The summed E-state index contributed by atoms with van der Waals surface area (Å²) in [5.74, 6) is 0.00672. The van der Waals surface area contributed by atoms with Crippen LogP contribution in [0.3, 0.4) is 0 Å². The molecule has 0 unspecified atom stereocenters. The molecule has 0 saturated carbocycles. The predicted molar refractivity (Wildman–Crippen MR) is 107 cm³/mol. The van der Waals surface area contributed by atoms with Crippen molar-refractivity contribution in [3.05, 3.63) is 51.8 Å². The van der Waals surface area contributed by atoms with Crippen molar-refractivity contribution in [2.45, 2.75) is 45.7 Å². The lowest BCUT2D eigenvalue weighted by Crippen LogP contribution is -2.33. The minimum absolute atomic E-state index is 0. The van der Waals surface area contributed by atoms with E-state index in [9.17, 15) is 4.79 Å². The van der Waals surface area contributed by atoms with Crippen molar-refractivity contribution in [1.82, 2.24) is 20.4 Å². The normalized spacial score (nSPS) is 13.0. The van der Waals surface area contributed by atoms with Gasteiger partial charge in [-0.05, 0) is 24.1 Å². The molecular formula is C19H26Cl2N4O. The van der Waals surface area contributed by atoms with Crippen LogP contribution in [0.25, 0.3) is 0 Å². The van der Waals surface area contributed by atoms with E-state index < -0.39 is 0 Å². The summed E-state index contributed by atoms with van der Waals surface area (Å²) in [4.78, 5) is 15.0. The highest BCUT2D eigenvalue weighted by Crippen LogP contribution is 2.19. The molecular weight excluding hydrogens is 371 g/mol. The van der Waals surface area contributed by atoms with Gasteiger partial charge in [0.05, 0.1) is 0 Å². The number of fused-ring (bicyclic) bond motifs is 1. The highest BCUT2D eigenvalue weighted by Gasteiger charge is 2.25. The zero-order chi connectivity index (χ0) is 17.6. The van der Waals surface area contributed by atoms with Gasteiger partial charge in [-0.15, -0.1) is 12.4 Å². The Morgan fingerprint density at radius 1 is 1.27 bits per heavy atom. The average Bonchev–Trinajstić information content (AvgIpc) is 3.06. The highest BCUT2D eigenvalue weighted by molar-refractivity contribution is 6.30. The smallest absolute Gasteiger partial charge is 0.274 e. The quantitative estimate of drug-likeness (QED) is 0.696. The fraction of sp³-hybridized carbons (Fsp3) is 0.474. The molecule has 0 bridgehead atoms. The van der Waals surface area contributed by atoms with Gasteiger partial charge in [0.1, 0.15) is 0 Å². The number of benzene rings is 1. The van der Waals surface area contributed by atoms with Gasteiger partial charge in [-0.3, -0.25) is 9.89 Å². The number of carbonyl (C=O) groups excluding carboxylic acids is 1. The van der Waals surface area contributed by atoms with Crippen molar-refractivity contribution < 1.29 is 4.79 Å². The second-order valence-corrected chi connectivity index (χ2v) is 6.95. The maximum atomic E-state index is 13.1. The fourth-order valence-electron chi connectivity index (χ4n) is 3.17. The van der Waals surface area contributed by atoms with Crippen molar-refractivity contribution in [3.63, 3.8) is 0 Å². The minimum atomic E-state index is 0. The Kier molecular flexibility index (Phi) is 7.94. The standard InChI is InChI=1S/C19H25ClN4O.ClH/c1-2-3-4-11-24(13-14-5-7-15(20)8-6-14)19(25)18-16-12-21-10-9-17(16)22-23-18;/h5-8,21H,2-4,9-13H2,1H3,(H,22,23);1H. The molecule has 5 nitrogen and oxygen atoms in total. The summed E-state index contributed by atoms with van der Waals surface area (Å²) in [6.07, 6.45) is 4.14. The molecule has 1 amide bonds. The predicted octanol–water partition coefficient (Wildman–Crippen LogP) is 3.96. The average molecular weight is 397 g/mol. The van der Waals surface area contributed by atoms with E-state index in [0.717, 1.165) is 55.6 Å². The van der Waals surface area contributed by atoms with Crippen molar-refractivity contribution in [2.75, 3.05) is 13.1 Å². The Balaban J connectivity index is 0.00000243. The van der Waals surface area contributed by atoms with Gasteiger partial charge in [0.25, 0.3) is 5.91 Å². The molecule has 2 heterocycles. The molecule has 142 valence electrons. The molecule has 1 aliphatic rings. The van der Waals surface area contributed by atoms with Crippen LogP contribution in [-0.4, -0.2) is 34.1 Å². The van der Waals surface area contributed by atoms with Gasteiger partial charge in [-0.2, -0.15) is 5.10 Å². The molecule has 1 aromatic carbocycles. The Bertz CT molecular complexity index is 715. The molecule has 0 spiro atoms. The largest absolute Gasteiger partial charge is 0.333 e. The molecule has 26 heavy (non-hydrogen) atoms. The molecule has 0 radical (unpaired) electrons. The molecule has 1 aliphatic heterocycles. The monoisotopic (exact) mass is 396 g/mol. The zero-order valence-corrected chi connectivity index (χ0v) is 16.6. The number of hydrogen-bond donors (Lipinski definition) is 2. The van der Waals surface area contributed by atoms with Gasteiger partial charge in [0.15, 0.2) is 5.69 Å². The number of halogens is 2. The third kappa shape index (κ3) is 5.00. The Morgan fingerprint density at radius 3 is 2.77 bits per heavy atom. The van der Waals surface area contributed by atoms with Crippen LogP contribution in [0.15, 0.2) is 24.3 Å². The number of rotatable bonds is 7. The minimum Gasteiger partial charge on any atom is -0.333 e. The molecule has 0 saturated heterocycles. The summed E-state index contributed by atoms with van der Waals surface area (Å²) in [7, 11) is 0. The topological polar surface area (TPSA) is 61.0 Å². The van der Waals surface area contributed by atoms with Crippen LogP contribution in [0.1, 0.15) is 53.5 Å². The summed E-state index contributed by atoms with van der Waals surface area (Å²) >= 11 is 5.97. The maximum absolute atomic E-state index is 13.1. The summed E-state index contributed by atoms with van der Waals surface area (Å²) in [5, 5.41) is 11.4. The molecule has 0 aliphatic carbocycles. The number of H-pyrrole nitrogens is 1. The molecule has 0 atom stereocenters. The van der Waals surface area contributed by atoms with Crippen LogP contribution in [0.4, 0.5) is 0 Å². The zero-order valence-electron chi connectivity index (χ0n) is 15.1. The van der Waals surface area contributed by atoms with Crippen LogP contribution < -0.4 is 5.32 Å². The van der Waals surface area contributed by atoms with E-state index >= 15 is 0 Å². The molecule has 0 fully saturated rings. The molecule has 1 aromatic heterocycles. The summed E-state index contributed by atoms with van der Waals surface area (Å²) in [6.45, 7) is 5.12. The number of hydrogen-bond acceptors (Lipinski definition) is 3. The molecule has 3 rings (SSSR count). The van der Waals surface area contributed by atoms with E-state index in [0.29, 0.717) is 23.8 Å². The maximum Gasteiger partial charge on any atom is 0.274 e. The number of nitrogens with one attached hydrogen (secondary N) is 2. The van der Waals surface area contributed by atoms with Gasteiger partial charge in [0, 0.05) is 48.9 Å². The van der Waals surface area contributed by atoms with Crippen LogP contribution in [0, 0.1) is 0 Å². The van der Waals surface area contributed by atoms with Crippen LogP contribution in [0.2, 0.25) is 5.02 Å². The van der Waals surface area contributed by atoms with Crippen molar-refractivity contribution in [1.29, 1.82) is 0 Å². The summed E-state index contributed by atoms with van der Waals surface area (Å²) < 4.78 is 0. The Hall–Kier alpha value is -1.56. The lowest BCUT2D eigenvalue weighted by molar-refractivity contribution is 0.0732. The number of unbranched alkanes of at least 4 members (excludes halogenated alkanes) is 2. The lowest BCUT2D eigenvalue weighted by atomic mass is 10.1. The van der Waals surface area contributed by atoms with Gasteiger partial charge in [-0.25, -0.2) is 0 Å². The first kappa shape index (κ1) is 20.7. The first-order chi connectivity index (χ1) is 12.2. The van der Waals surface area contributed by atoms with Gasteiger partial charge in [-0.1, -0.05) is 43.5 Å². The van der Waals surface area contributed by atoms with E-state index in [4.69, 9.17) is 11.6 Å². The van der Waals surface area contributed by atoms with Gasteiger partial charge in [0.2, 0.25) is 0 Å². The van der Waals surface area contributed by atoms with E-state index in [1.807, 2.05) is 29.2 Å². The van der Waals surface area contributed by atoms with Crippen molar-refractivity contribution >= 4 is 29.9 Å². The van der Waals surface area contributed by atoms with Crippen LogP contribution >= 0.6 is 24.0 Å². The first-order valence-electron chi connectivity index (χ1n) is 8.99. The second-order valence-electron chi connectivity index (χ2n) is 6.52. The van der Waals surface area contributed by atoms with Crippen molar-refractivity contribution in [2.24, 2.45) is 0 Å². The molecule has 2 aromatic rings. The van der Waals surface area contributed by atoms with Crippen molar-refractivity contribution in [3.8, 4) is 0 Å². The van der Waals surface area contributed by atoms with E-state index in [-0.39, 0.29) is 18.3 Å². The number of nitrogens with zero attached hydrogens (tertiary/aromatic N) is 2. The third-order valence-corrected chi connectivity index (χ3v) is 4.87. The molecule has 2 N–H and O–H groups in total. The first-order valence-corrected chi connectivity index (χ1v) is 9.37. The lowest BCUT2D eigenvalue weighted by Gasteiger charge is -2.23. The van der Waals surface area contributed by atoms with E-state index in [1.54, 1.807) is 0 Å². The second kappa shape index (κ2) is 9.95. The Morgan fingerprint density at radius 2 is 2.04 bits per heavy atom.